The minimum atomic E-state index is -0.340. The van der Waals surface area contributed by atoms with Crippen LogP contribution in [0.1, 0.15) is 29.7 Å². The molecule has 2 fully saturated rings. The number of tetrazole rings is 1. The number of benzene rings is 1. The standard InChI is InChI=1S/C16H19N5O2S/c22-15(20-8-10-23-11-9-20)14(12-4-2-1-3-5-12)24-16-17-18-19-21(16)13-6-7-13/h1-5,13-14H,6-11H2/t14-/m0/s1. The fourth-order valence-corrected chi connectivity index (χ4v) is 3.89. The first-order chi connectivity index (χ1) is 11.8. The largest absolute Gasteiger partial charge is 0.378 e. The van der Waals surface area contributed by atoms with E-state index in [0.717, 1.165) is 18.4 Å². The predicted octanol–water partition coefficient (Wildman–Crippen LogP) is 1.70. The fraction of sp³-hybridized carbons (Fsp3) is 0.500. The lowest BCUT2D eigenvalue weighted by Crippen LogP contribution is -2.42. The van der Waals surface area contributed by atoms with E-state index in [1.54, 1.807) is 0 Å². The van der Waals surface area contributed by atoms with Crippen molar-refractivity contribution in [2.75, 3.05) is 26.3 Å². The predicted molar refractivity (Wildman–Crippen MR) is 88.5 cm³/mol. The summed E-state index contributed by atoms with van der Waals surface area (Å²) >= 11 is 1.44. The van der Waals surface area contributed by atoms with E-state index in [-0.39, 0.29) is 11.2 Å². The van der Waals surface area contributed by atoms with Crippen LogP contribution in [0.5, 0.6) is 0 Å². The lowest BCUT2D eigenvalue weighted by molar-refractivity contribution is -0.134. The van der Waals surface area contributed by atoms with Gasteiger partial charge in [0.2, 0.25) is 11.1 Å². The Labute approximate surface area is 144 Å². The van der Waals surface area contributed by atoms with Crippen LogP contribution in [0.15, 0.2) is 35.5 Å². The van der Waals surface area contributed by atoms with Crippen LogP contribution < -0.4 is 0 Å². The lowest BCUT2D eigenvalue weighted by atomic mass is 10.1. The number of hydrogen-bond acceptors (Lipinski definition) is 6. The summed E-state index contributed by atoms with van der Waals surface area (Å²) in [4.78, 5) is 15.0. The van der Waals surface area contributed by atoms with Crippen molar-refractivity contribution in [3.05, 3.63) is 35.9 Å². The van der Waals surface area contributed by atoms with E-state index in [1.807, 2.05) is 39.9 Å². The fourth-order valence-electron chi connectivity index (χ4n) is 2.76. The number of aromatic nitrogens is 4. The van der Waals surface area contributed by atoms with Crippen molar-refractivity contribution in [3.8, 4) is 0 Å². The molecule has 0 spiro atoms. The van der Waals surface area contributed by atoms with Crippen LogP contribution >= 0.6 is 11.8 Å². The lowest BCUT2D eigenvalue weighted by Gasteiger charge is -2.30. The smallest absolute Gasteiger partial charge is 0.240 e. The van der Waals surface area contributed by atoms with E-state index in [9.17, 15) is 4.79 Å². The minimum absolute atomic E-state index is 0.0971. The number of thioether (sulfide) groups is 1. The first-order valence-electron chi connectivity index (χ1n) is 8.19. The summed E-state index contributed by atoms with van der Waals surface area (Å²) in [7, 11) is 0. The molecule has 0 bridgehead atoms. The Balaban J connectivity index is 1.60. The van der Waals surface area contributed by atoms with Crippen LogP contribution in [0.25, 0.3) is 0 Å². The topological polar surface area (TPSA) is 73.1 Å². The monoisotopic (exact) mass is 345 g/mol. The van der Waals surface area contributed by atoms with Crippen LogP contribution in [-0.2, 0) is 9.53 Å². The molecule has 1 aliphatic carbocycles. The molecule has 8 heteroatoms. The summed E-state index contributed by atoms with van der Waals surface area (Å²) in [5.41, 5.74) is 0.976. The number of ether oxygens (including phenoxy) is 1. The number of carbonyl (C=O) groups is 1. The zero-order valence-electron chi connectivity index (χ0n) is 13.2. The highest BCUT2D eigenvalue weighted by atomic mass is 32.2. The summed E-state index contributed by atoms with van der Waals surface area (Å²) in [5, 5.41) is 12.4. The zero-order valence-corrected chi connectivity index (χ0v) is 14.1. The third kappa shape index (κ3) is 3.29. The van der Waals surface area contributed by atoms with E-state index in [1.165, 1.54) is 11.8 Å². The molecule has 24 heavy (non-hydrogen) atoms. The first-order valence-corrected chi connectivity index (χ1v) is 9.07. The second-order valence-corrected chi connectivity index (χ2v) is 7.06. The van der Waals surface area contributed by atoms with Gasteiger partial charge in [-0.3, -0.25) is 4.79 Å². The highest BCUT2D eigenvalue weighted by molar-refractivity contribution is 8.00. The number of carbonyl (C=O) groups excluding carboxylic acids is 1. The molecule has 0 N–H and O–H groups in total. The van der Waals surface area contributed by atoms with Crippen LogP contribution in [0.4, 0.5) is 0 Å². The van der Waals surface area contributed by atoms with Gasteiger partial charge in [-0.2, -0.15) is 0 Å². The normalized spacial score (nSPS) is 19.2. The average molecular weight is 345 g/mol. The van der Waals surface area contributed by atoms with E-state index in [2.05, 4.69) is 15.5 Å². The Bertz CT molecular complexity index is 698. The molecule has 1 saturated carbocycles. The first kappa shape index (κ1) is 15.6. The Hall–Kier alpha value is -1.93. The van der Waals surface area contributed by atoms with Gasteiger partial charge in [-0.15, -0.1) is 5.10 Å². The average Bonchev–Trinajstić information content (AvgIpc) is 3.39. The van der Waals surface area contributed by atoms with Crippen molar-refractivity contribution >= 4 is 17.7 Å². The SMILES string of the molecule is O=C([C@@H](Sc1nnnn1C1CC1)c1ccccc1)N1CCOCC1. The van der Waals surface area contributed by atoms with Crippen molar-refractivity contribution in [2.24, 2.45) is 0 Å². The van der Waals surface area contributed by atoms with Crippen LogP contribution in [-0.4, -0.2) is 57.3 Å². The van der Waals surface area contributed by atoms with Gasteiger partial charge in [0.1, 0.15) is 5.25 Å². The van der Waals surface area contributed by atoms with Crippen molar-refractivity contribution in [1.82, 2.24) is 25.1 Å². The molecule has 2 aliphatic rings. The number of amides is 1. The summed E-state index contributed by atoms with van der Waals surface area (Å²) < 4.78 is 7.22. The molecule has 2 aromatic rings. The van der Waals surface area contributed by atoms with Gasteiger partial charge in [-0.1, -0.05) is 42.1 Å². The molecule has 126 valence electrons. The Morgan fingerprint density at radius 2 is 1.96 bits per heavy atom. The molecule has 7 nitrogen and oxygen atoms in total. The van der Waals surface area contributed by atoms with Gasteiger partial charge in [-0.25, -0.2) is 4.68 Å². The molecule has 2 heterocycles. The zero-order chi connectivity index (χ0) is 16.4. The number of nitrogens with zero attached hydrogens (tertiary/aromatic N) is 5. The maximum atomic E-state index is 13.1. The molecule has 1 atom stereocenters. The molecule has 0 radical (unpaired) electrons. The molecule has 4 rings (SSSR count). The van der Waals surface area contributed by atoms with Crippen molar-refractivity contribution < 1.29 is 9.53 Å². The van der Waals surface area contributed by atoms with E-state index in [0.29, 0.717) is 37.5 Å². The molecule has 1 saturated heterocycles. The molecule has 1 aromatic carbocycles. The minimum Gasteiger partial charge on any atom is -0.378 e. The van der Waals surface area contributed by atoms with Gasteiger partial charge in [-0.05, 0) is 28.8 Å². The molecule has 0 unspecified atom stereocenters. The van der Waals surface area contributed by atoms with Crippen molar-refractivity contribution in [3.63, 3.8) is 0 Å². The Kier molecular flexibility index (Phi) is 4.48. The molecule has 1 aromatic heterocycles. The summed E-state index contributed by atoms with van der Waals surface area (Å²) in [6.45, 7) is 2.46. The van der Waals surface area contributed by atoms with E-state index < -0.39 is 0 Å². The van der Waals surface area contributed by atoms with E-state index >= 15 is 0 Å². The maximum Gasteiger partial charge on any atom is 0.240 e. The quantitative estimate of drug-likeness (QED) is 0.768. The second kappa shape index (κ2) is 6.90. The Morgan fingerprint density at radius 3 is 2.67 bits per heavy atom. The number of morpholine rings is 1. The molecule has 1 aliphatic heterocycles. The van der Waals surface area contributed by atoms with Gasteiger partial charge in [0.25, 0.3) is 0 Å². The second-order valence-electron chi connectivity index (χ2n) is 5.98. The number of rotatable bonds is 5. The third-order valence-corrected chi connectivity index (χ3v) is 5.42. The molecule has 1 amide bonds. The van der Waals surface area contributed by atoms with E-state index in [4.69, 9.17) is 4.74 Å². The van der Waals surface area contributed by atoms with Gasteiger partial charge in [0.15, 0.2) is 0 Å². The summed E-state index contributed by atoms with van der Waals surface area (Å²) in [6.07, 6.45) is 2.21. The third-order valence-electron chi connectivity index (χ3n) is 4.23. The van der Waals surface area contributed by atoms with Gasteiger partial charge in [0, 0.05) is 13.1 Å². The highest BCUT2D eigenvalue weighted by Crippen LogP contribution is 2.41. The van der Waals surface area contributed by atoms with Crippen LogP contribution in [0.3, 0.4) is 0 Å². The maximum absolute atomic E-state index is 13.1. The highest BCUT2D eigenvalue weighted by Gasteiger charge is 2.33. The summed E-state index contributed by atoms with van der Waals surface area (Å²) in [6, 6.07) is 10.2. The van der Waals surface area contributed by atoms with Gasteiger partial charge in [0.05, 0.1) is 19.3 Å². The van der Waals surface area contributed by atoms with Gasteiger partial charge >= 0.3 is 0 Å². The number of hydrogen-bond donors (Lipinski definition) is 0. The van der Waals surface area contributed by atoms with Crippen LogP contribution in [0.2, 0.25) is 0 Å². The van der Waals surface area contributed by atoms with Crippen LogP contribution in [0, 0.1) is 0 Å². The van der Waals surface area contributed by atoms with Crippen molar-refractivity contribution in [2.45, 2.75) is 29.3 Å². The Morgan fingerprint density at radius 1 is 1.21 bits per heavy atom. The van der Waals surface area contributed by atoms with Crippen molar-refractivity contribution in [1.29, 1.82) is 0 Å². The summed E-state index contributed by atoms with van der Waals surface area (Å²) in [5.74, 6) is 0.0971. The molecular weight excluding hydrogens is 326 g/mol. The molecular formula is C16H19N5O2S. The van der Waals surface area contributed by atoms with Gasteiger partial charge < -0.3 is 9.64 Å².